The second-order valence-electron chi connectivity index (χ2n) is 27.0. The van der Waals surface area contributed by atoms with Gasteiger partial charge in [-0.05, 0) is 147 Å². The zero-order valence-electron chi connectivity index (χ0n) is 56.0. The summed E-state index contributed by atoms with van der Waals surface area (Å²) in [4.78, 5) is 149. The van der Waals surface area contributed by atoms with E-state index >= 15 is 0 Å². The summed E-state index contributed by atoms with van der Waals surface area (Å²) < 4.78 is 0. The van der Waals surface area contributed by atoms with Gasteiger partial charge in [0.1, 0.15) is 46.6 Å². The fourth-order valence-corrected chi connectivity index (χ4v) is 13.3. The number of carbonyl (C=O) groups excluding carboxylic acids is 12. The third-order valence-corrected chi connectivity index (χ3v) is 18.3. The lowest BCUT2D eigenvalue weighted by Crippen LogP contribution is -2.60. The lowest BCUT2D eigenvalue weighted by atomic mass is 9.49. The molecule has 24 nitrogen and oxygen atoms in total. The molecule has 12 amide bonds. The second-order valence-corrected chi connectivity index (χ2v) is 27.0. The Morgan fingerprint density at radius 3 is 1.14 bits per heavy atom. The molecule has 2 aromatic rings. The van der Waals surface area contributed by atoms with Crippen molar-refractivity contribution >= 4 is 70.9 Å². The minimum atomic E-state index is -0.740. The first-order chi connectivity index (χ1) is 44.1. The van der Waals surface area contributed by atoms with Gasteiger partial charge < -0.3 is 0 Å². The molecule has 4 fully saturated rings. The standard InChI is InChI=1S/C21H25N3O3.C19H23N3O3.C18H19N3O3.C12H15N3O3/c1-14(21(2,3)4)11-16-12-18(25)24(20(27)17(16)13-22)23(5)19(26)15-9-7-6-8-10-15;1-11-3-16(23)22(17(24)15(11)10-20)21(2)18(25)19-7-12-4-13(8-19)6-14(5-12)9-19;1-12(2)9-14-10-16(22)21(18(24)15(14)11-19)20(3)17(23)13-7-5-4-6-8-13;1-7(2)11(17)14(4)15-10(16)5-8(3)9(6-13)12(15)18/h6-10,14H,11-12H2,1-5H3;12-14H,3-9H2,1-2H3;4-8,12H,9-10H2,1-3H3;7H,5H2,1-4H3. The molecular weight excluding hydrogens is 1200 g/mol. The van der Waals surface area contributed by atoms with Gasteiger partial charge in [-0.2, -0.15) is 41.1 Å². The number of hydrogen-bond donors (Lipinski definition) is 0. The van der Waals surface area contributed by atoms with Gasteiger partial charge in [0.25, 0.3) is 59.1 Å². The zero-order valence-corrected chi connectivity index (χ0v) is 56.0. The average Bonchev–Trinajstić information content (AvgIpc) is 0.732. The molecule has 4 aliphatic carbocycles. The van der Waals surface area contributed by atoms with E-state index in [4.69, 9.17) is 5.26 Å². The van der Waals surface area contributed by atoms with Crippen LogP contribution in [0, 0.1) is 91.7 Å². The molecule has 0 radical (unpaired) electrons. The van der Waals surface area contributed by atoms with Crippen LogP contribution in [0.25, 0.3) is 0 Å². The van der Waals surface area contributed by atoms with E-state index in [0.717, 1.165) is 54.3 Å². The Balaban J connectivity index is 0.000000201. The lowest BCUT2D eigenvalue weighted by molar-refractivity contribution is -0.182. The molecule has 4 heterocycles. The minimum absolute atomic E-state index is 0.00707. The van der Waals surface area contributed by atoms with Gasteiger partial charge in [-0.3, -0.25) is 57.5 Å². The molecule has 4 saturated carbocycles. The van der Waals surface area contributed by atoms with Gasteiger partial charge in [-0.15, -0.1) is 0 Å². The molecule has 0 saturated heterocycles. The van der Waals surface area contributed by atoms with Crippen LogP contribution < -0.4 is 0 Å². The van der Waals surface area contributed by atoms with Crippen LogP contribution in [-0.4, -0.2) is 139 Å². The van der Waals surface area contributed by atoms with Gasteiger partial charge in [-0.1, -0.05) is 91.8 Å². The van der Waals surface area contributed by atoms with Crippen LogP contribution in [0.3, 0.4) is 0 Å². The number of nitrogens with zero attached hydrogens (tertiary/aromatic N) is 12. The summed E-state index contributed by atoms with van der Waals surface area (Å²) in [5.74, 6) is -4.36. The molecule has 1 unspecified atom stereocenters. The number of imide groups is 4. The van der Waals surface area contributed by atoms with E-state index in [0.29, 0.717) is 64.0 Å². The Morgan fingerprint density at radius 1 is 0.489 bits per heavy atom. The van der Waals surface area contributed by atoms with Gasteiger partial charge in [0, 0.05) is 45.2 Å². The molecule has 0 spiro atoms. The Labute approximate surface area is 548 Å². The first kappa shape index (κ1) is 72.9. The van der Waals surface area contributed by atoms with E-state index in [-0.39, 0.29) is 83.0 Å². The number of hydrazine groups is 4. The van der Waals surface area contributed by atoms with Crippen LogP contribution in [0.1, 0.15) is 167 Å². The van der Waals surface area contributed by atoms with Crippen LogP contribution in [0.4, 0.5) is 0 Å². The average molecular weight is 1280 g/mol. The Bertz CT molecular complexity index is 3730. The molecule has 10 rings (SSSR count). The van der Waals surface area contributed by atoms with Crippen molar-refractivity contribution in [3.05, 3.63) is 116 Å². The normalized spacial score (nSPS) is 21.3. The first-order valence-corrected chi connectivity index (χ1v) is 31.2. The maximum absolute atomic E-state index is 13.3. The van der Waals surface area contributed by atoms with Gasteiger partial charge in [0.05, 0.1) is 31.1 Å². The summed E-state index contributed by atoms with van der Waals surface area (Å²) in [5, 5.41) is 44.3. The number of benzene rings is 2. The molecule has 4 bridgehead atoms. The van der Waals surface area contributed by atoms with Crippen molar-refractivity contribution < 1.29 is 57.5 Å². The Hall–Kier alpha value is -10.2. The molecule has 2 aromatic carbocycles. The van der Waals surface area contributed by atoms with Gasteiger partial charge in [0.15, 0.2) is 0 Å². The summed E-state index contributed by atoms with van der Waals surface area (Å²) in [6.45, 7) is 18.7. The zero-order chi connectivity index (χ0) is 70.2. The van der Waals surface area contributed by atoms with Crippen LogP contribution >= 0.6 is 0 Å². The van der Waals surface area contributed by atoms with E-state index < -0.39 is 64.5 Å². The molecule has 0 aromatic heterocycles. The van der Waals surface area contributed by atoms with Gasteiger partial charge >= 0.3 is 0 Å². The molecule has 4 aliphatic heterocycles. The molecule has 8 aliphatic rings. The fraction of sp³-hybridized carbons (Fsp3) is 0.486. The lowest BCUT2D eigenvalue weighted by Gasteiger charge is -2.56. The highest BCUT2D eigenvalue weighted by atomic mass is 16.2. The van der Waals surface area contributed by atoms with E-state index in [9.17, 15) is 73.3 Å². The van der Waals surface area contributed by atoms with Gasteiger partial charge in [-0.25, -0.2) is 20.0 Å². The highest BCUT2D eigenvalue weighted by Gasteiger charge is 2.57. The highest BCUT2D eigenvalue weighted by Crippen LogP contribution is 2.60. The third kappa shape index (κ3) is 15.6. The molecule has 24 heteroatoms. The van der Waals surface area contributed by atoms with Crippen molar-refractivity contribution in [2.24, 2.45) is 46.3 Å². The summed E-state index contributed by atoms with van der Waals surface area (Å²) in [6, 6.07) is 24.2. The topological polar surface area (TPSA) is 326 Å². The molecular formula is C70H82N12O12. The van der Waals surface area contributed by atoms with E-state index in [1.165, 1.54) is 52.5 Å². The number of amides is 12. The van der Waals surface area contributed by atoms with E-state index in [1.807, 2.05) is 39.0 Å². The monoisotopic (exact) mass is 1280 g/mol. The molecule has 1 atom stereocenters. The van der Waals surface area contributed by atoms with Crippen molar-refractivity contribution in [2.45, 2.75) is 146 Å². The highest BCUT2D eigenvalue weighted by molar-refractivity contribution is 6.14. The van der Waals surface area contributed by atoms with Crippen molar-refractivity contribution in [2.75, 3.05) is 28.2 Å². The predicted molar refractivity (Wildman–Crippen MR) is 339 cm³/mol. The minimum Gasteiger partial charge on any atom is -0.273 e. The summed E-state index contributed by atoms with van der Waals surface area (Å²) in [7, 11) is 5.58. The number of hydrogen-bond acceptors (Lipinski definition) is 16. The predicted octanol–water partition coefficient (Wildman–Crippen LogP) is 8.41. The number of rotatable bonds is 12. The SMILES string of the molecule is CC(C)CC1=C(C#N)C(=O)N(N(C)C(=O)c2ccccc2)C(=O)C1.CC(CC1=C(C#N)C(=O)N(N(C)C(=O)c2ccccc2)C(=O)C1)C(C)(C)C.CC1=C(C#N)C(=O)N(N(C)C(=O)C(C)C)C(=O)C1.CC1=C(C#N)C(=O)N(N(C)C(=O)C23CC4CC(CC(C4)C2)C3)C(=O)C1. The van der Waals surface area contributed by atoms with E-state index in [2.05, 4.69) is 20.8 Å². The fourth-order valence-electron chi connectivity index (χ4n) is 13.3. The first-order valence-electron chi connectivity index (χ1n) is 31.2. The van der Waals surface area contributed by atoms with Gasteiger partial charge in [0.2, 0.25) is 11.8 Å². The van der Waals surface area contributed by atoms with Crippen LogP contribution in [0.2, 0.25) is 0 Å². The summed E-state index contributed by atoms with van der Waals surface area (Å²) in [5.41, 5.74) is 2.09. The van der Waals surface area contributed by atoms with Crippen LogP contribution in [0.15, 0.2) is 105 Å². The van der Waals surface area contributed by atoms with Crippen LogP contribution in [0.5, 0.6) is 0 Å². The van der Waals surface area contributed by atoms with Crippen molar-refractivity contribution in [1.82, 2.24) is 40.1 Å². The summed E-state index contributed by atoms with van der Waals surface area (Å²) in [6.07, 6.45) is 7.20. The Kier molecular flexibility index (Phi) is 23.3. The van der Waals surface area contributed by atoms with Crippen molar-refractivity contribution in [3.63, 3.8) is 0 Å². The largest absolute Gasteiger partial charge is 0.290 e. The molecule has 0 N–H and O–H groups in total. The van der Waals surface area contributed by atoms with Crippen molar-refractivity contribution in [3.8, 4) is 24.3 Å². The summed E-state index contributed by atoms with van der Waals surface area (Å²) >= 11 is 0. The maximum Gasteiger partial charge on any atom is 0.290 e. The number of nitriles is 4. The smallest absolute Gasteiger partial charge is 0.273 e. The maximum atomic E-state index is 13.3. The van der Waals surface area contributed by atoms with Crippen LogP contribution in [-0.2, 0) is 47.9 Å². The molecule has 94 heavy (non-hydrogen) atoms. The van der Waals surface area contributed by atoms with E-state index in [1.54, 1.807) is 94.4 Å². The second kappa shape index (κ2) is 30.0. The molecule has 494 valence electrons. The van der Waals surface area contributed by atoms with Crippen molar-refractivity contribution in [1.29, 1.82) is 21.0 Å². The number of carbonyl (C=O) groups is 12. The third-order valence-electron chi connectivity index (χ3n) is 18.3. The quantitative estimate of drug-likeness (QED) is 0.180. The Morgan fingerprint density at radius 2 is 0.809 bits per heavy atom.